The molecule has 0 aliphatic heterocycles. The molecule has 0 atom stereocenters. The van der Waals surface area contributed by atoms with Crippen molar-refractivity contribution in [1.82, 2.24) is 9.88 Å². The van der Waals surface area contributed by atoms with Gasteiger partial charge in [-0.05, 0) is 20.2 Å². The molecule has 0 N–H and O–H groups in total. The van der Waals surface area contributed by atoms with Crippen molar-refractivity contribution in [2.75, 3.05) is 34.9 Å². The summed E-state index contributed by atoms with van der Waals surface area (Å²) in [5, 5.41) is 0. The highest BCUT2D eigenvalue weighted by atomic mass is 16.5. The van der Waals surface area contributed by atoms with Crippen LogP contribution in [-0.2, 0) is 15.9 Å². The maximum Gasteiger partial charge on any atom is 0.339 e. The Labute approximate surface area is 112 Å². The van der Waals surface area contributed by atoms with E-state index in [9.17, 15) is 9.59 Å². The third kappa shape index (κ3) is 4.03. The fourth-order valence-corrected chi connectivity index (χ4v) is 1.54. The molecule has 0 radical (unpaired) electrons. The van der Waals surface area contributed by atoms with Crippen LogP contribution in [0.3, 0.4) is 0 Å². The van der Waals surface area contributed by atoms with Crippen molar-refractivity contribution in [1.29, 1.82) is 0 Å². The van der Waals surface area contributed by atoms with Gasteiger partial charge in [-0.3, -0.25) is 4.98 Å². The molecular formula is C13H18N2O4. The van der Waals surface area contributed by atoms with Crippen LogP contribution < -0.4 is 0 Å². The molecule has 1 heterocycles. The normalized spacial score (nSPS) is 10.4. The van der Waals surface area contributed by atoms with Crippen LogP contribution in [0, 0.1) is 0 Å². The largest absolute Gasteiger partial charge is 0.465 e. The maximum absolute atomic E-state index is 11.7. The quantitative estimate of drug-likeness (QED) is 0.733. The summed E-state index contributed by atoms with van der Waals surface area (Å²) in [6.07, 6.45) is 2.00. The van der Waals surface area contributed by atoms with Crippen LogP contribution in [0.4, 0.5) is 0 Å². The predicted octanol–water partition coefficient (Wildman–Crippen LogP) is 0.759. The molecule has 6 heteroatoms. The van der Waals surface area contributed by atoms with Gasteiger partial charge in [0.2, 0.25) is 0 Å². The molecule has 0 aliphatic carbocycles. The van der Waals surface area contributed by atoms with E-state index in [4.69, 9.17) is 4.74 Å². The summed E-state index contributed by atoms with van der Waals surface area (Å²) in [6, 6.07) is 1.45. The lowest BCUT2D eigenvalue weighted by atomic mass is 10.1. The van der Waals surface area contributed by atoms with Crippen molar-refractivity contribution in [3.05, 3.63) is 29.1 Å². The number of hydrogen-bond acceptors (Lipinski definition) is 6. The van der Waals surface area contributed by atoms with Crippen LogP contribution in [-0.4, -0.2) is 56.7 Å². The van der Waals surface area contributed by atoms with E-state index in [1.807, 2.05) is 19.0 Å². The molecule has 0 amide bonds. The average molecular weight is 266 g/mol. The Morgan fingerprint density at radius 1 is 1.21 bits per heavy atom. The van der Waals surface area contributed by atoms with E-state index >= 15 is 0 Å². The van der Waals surface area contributed by atoms with Crippen molar-refractivity contribution < 1.29 is 19.1 Å². The van der Waals surface area contributed by atoms with Gasteiger partial charge in [0, 0.05) is 19.2 Å². The van der Waals surface area contributed by atoms with E-state index in [0.717, 1.165) is 6.54 Å². The maximum atomic E-state index is 11.7. The van der Waals surface area contributed by atoms with Crippen molar-refractivity contribution in [2.45, 2.75) is 6.42 Å². The molecule has 0 aromatic carbocycles. The third-order valence-corrected chi connectivity index (χ3v) is 2.59. The number of carbonyl (C=O) groups excluding carboxylic acids is 2. The van der Waals surface area contributed by atoms with Gasteiger partial charge in [0.05, 0.1) is 31.0 Å². The van der Waals surface area contributed by atoms with Gasteiger partial charge in [0.1, 0.15) is 0 Å². The van der Waals surface area contributed by atoms with Crippen LogP contribution in [0.5, 0.6) is 0 Å². The van der Waals surface area contributed by atoms with E-state index in [-0.39, 0.29) is 5.56 Å². The van der Waals surface area contributed by atoms with E-state index in [0.29, 0.717) is 17.7 Å². The average Bonchev–Trinajstić information content (AvgIpc) is 2.43. The number of methoxy groups -OCH3 is 2. The topological polar surface area (TPSA) is 68.7 Å². The monoisotopic (exact) mass is 266 g/mol. The van der Waals surface area contributed by atoms with Crippen molar-refractivity contribution in [2.24, 2.45) is 0 Å². The molecule has 0 saturated carbocycles. The van der Waals surface area contributed by atoms with Gasteiger partial charge in [-0.15, -0.1) is 0 Å². The Balaban J connectivity index is 3.09. The highest BCUT2D eigenvalue weighted by Gasteiger charge is 2.17. The van der Waals surface area contributed by atoms with E-state index < -0.39 is 11.9 Å². The zero-order chi connectivity index (χ0) is 14.4. The highest BCUT2D eigenvalue weighted by Crippen LogP contribution is 2.12. The second-order valence-corrected chi connectivity index (χ2v) is 4.25. The van der Waals surface area contributed by atoms with Gasteiger partial charge in [0.15, 0.2) is 0 Å². The second kappa shape index (κ2) is 6.84. The number of carbonyl (C=O) groups is 2. The summed E-state index contributed by atoms with van der Waals surface area (Å²) in [4.78, 5) is 29.3. The summed E-state index contributed by atoms with van der Waals surface area (Å²) in [6.45, 7) is 0.745. The van der Waals surface area contributed by atoms with Gasteiger partial charge in [-0.25, -0.2) is 9.59 Å². The molecule has 1 aromatic heterocycles. The number of rotatable bonds is 5. The number of aromatic nitrogens is 1. The summed E-state index contributed by atoms with van der Waals surface area (Å²) in [7, 11) is 6.43. The van der Waals surface area contributed by atoms with E-state index in [1.165, 1.54) is 26.5 Å². The Morgan fingerprint density at radius 3 is 2.37 bits per heavy atom. The lowest BCUT2D eigenvalue weighted by molar-refractivity contribution is 0.0597. The SMILES string of the molecule is COC(=O)c1cnc(CCN(C)C)c(C(=O)OC)c1. The van der Waals surface area contributed by atoms with Gasteiger partial charge in [-0.1, -0.05) is 0 Å². The molecule has 104 valence electrons. The van der Waals surface area contributed by atoms with Crippen LogP contribution >= 0.6 is 0 Å². The van der Waals surface area contributed by atoms with Gasteiger partial charge < -0.3 is 14.4 Å². The molecule has 0 saturated heterocycles. The minimum Gasteiger partial charge on any atom is -0.465 e. The molecule has 0 unspecified atom stereocenters. The molecular weight excluding hydrogens is 248 g/mol. The first-order valence-electron chi connectivity index (χ1n) is 5.80. The zero-order valence-corrected chi connectivity index (χ0v) is 11.6. The van der Waals surface area contributed by atoms with Crippen LogP contribution in [0.15, 0.2) is 12.3 Å². The van der Waals surface area contributed by atoms with Crippen molar-refractivity contribution >= 4 is 11.9 Å². The third-order valence-electron chi connectivity index (χ3n) is 2.59. The number of esters is 2. The summed E-state index contributed by atoms with van der Waals surface area (Å²) in [5.74, 6) is -1.04. The van der Waals surface area contributed by atoms with Crippen molar-refractivity contribution in [3.63, 3.8) is 0 Å². The standard InChI is InChI=1S/C13H18N2O4/c1-15(2)6-5-11-10(13(17)19-4)7-9(8-14-11)12(16)18-3/h7-8H,5-6H2,1-4H3. The van der Waals surface area contributed by atoms with E-state index in [2.05, 4.69) is 9.72 Å². The first kappa shape index (κ1) is 15.1. The molecule has 0 spiro atoms. The molecule has 0 fully saturated rings. The Morgan fingerprint density at radius 2 is 1.84 bits per heavy atom. The Kier molecular flexibility index (Phi) is 5.44. The smallest absolute Gasteiger partial charge is 0.339 e. The summed E-state index contributed by atoms with van der Waals surface area (Å²) >= 11 is 0. The lowest BCUT2D eigenvalue weighted by Crippen LogP contribution is -2.18. The molecule has 0 bridgehead atoms. The van der Waals surface area contributed by atoms with Gasteiger partial charge >= 0.3 is 11.9 Å². The molecule has 1 rings (SSSR count). The molecule has 19 heavy (non-hydrogen) atoms. The van der Waals surface area contributed by atoms with Crippen LogP contribution in [0.25, 0.3) is 0 Å². The number of pyridine rings is 1. The zero-order valence-electron chi connectivity index (χ0n) is 11.6. The summed E-state index contributed by atoms with van der Waals surface area (Å²) in [5.41, 5.74) is 1.14. The number of hydrogen-bond donors (Lipinski definition) is 0. The summed E-state index contributed by atoms with van der Waals surface area (Å²) < 4.78 is 9.31. The first-order valence-corrected chi connectivity index (χ1v) is 5.80. The molecule has 0 aliphatic rings. The highest BCUT2D eigenvalue weighted by molar-refractivity contribution is 5.95. The van der Waals surface area contributed by atoms with Crippen LogP contribution in [0.1, 0.15) is 26.4 Å². The molecule has 6 nitrogen and oxygen atoms in total. The number of nitrogens with zero attached hydrogens (tertiary/aromatic N) is 2. The minimum atomic E-state index is -0.531. The van der Waals surface area contributed by atoms with E-state index in [1.54, 1.807) is 0 Å². The van der Waals surface area contributed by atoms with Gasteiger partial charge in [0.25, 0.3) is 0 Å². The fraction of sp³-hybridized carbons (Fsp3) is 0.462. The predicted molar refractivity (Wildman–Crippen MR) is 69.2 cm³/mol. The number of ether oxygens (including phenoxy) is 2. The van der Waals surface area contributed by atoms with Crippen molar-refractivity contribution in [3.8, 4) is 0 Å². The Bertz CT molecular complexity index is 472. The number of likely N-dealkylation sites (N-methyl/N-ethyl adjacent to an activating group) is 1. The van der Waals surface area contributed by atoms with Gasteiger partial charge in [-0.2, -0.15) is 0 Å². The Hall–Kier alpha value is -1.95. The molecule has 1 aromatic rings. The van der Waals surface area contributed by atoms with Crippen LogP contribution in [0.2, 0.25) is 0 Å². The second-order valence-electron chi connectivity index (χ2n) is 4.25. The lowest BCUT2D eigenvalue weighted by Gasteiger charge is -2.12. The fourth-order valence-electron chi connectivity index (χ4n) is 1.54. The minimum absolute atomic E-state index is 0.233. The first-order chi connectivity index (χ1) is 8.99.